The third-order valence-electron chi connectivity index (χ3n) is 2.99. The molecule has 8 heteroatoms. The summed E-state index contributed by atoms with van der Waals surface area (Å²) in [6.45, 7) is 9.35. The average Bonchev–Trinajstić information content (AvgIpc) is 2.31. The Morgan fingerprint density at radius 2 is 1.90 bits per heavy atom. The Labute approximate surface area is 128 Å². The van der Waals surface area contributed by atoms with Gasteiger partial charge in [-0.2, -0.15) is 4.52 Å². The number of hydrogen-bond donors (Lipinski definition) is 1. The van der Waals surface area contributed by atoms with Crippen molar-refractivity contribution in [2.75, 3.05) is 7.11 Å². The van der Waals surface area contributed by atoms with Crippen molar-refractivity contribution >= 4 is 34.6 Å². The highest BCUT2D eigenvalue weighted by Crippen LogP contribution is 2.34. The first kappa shape index (κ1) is 20.4. The normalized spacial score (nSPS) is 15.9. The molecule has 122 valence electrons. The summed E-state index contributed by atoms with van der Waals surface area (Å²) in [6, 6.07) is 0. The van der Waals surface area contributed by atoms with Crippen molar-refractivity contribution in [2.45, 2.75) is 46.4 Å². The molecule has 0 aliphatic carbocycles. The van der Waals surface area contributed by atoms with E-state index in [2.05, 4.69) is 4.52 Å². The predicted molar refractivity (Wildman–Crippen MR) is 83.9 cm³/mol. The lowest BCUT2D eigenvalue weighted by Gasteiger charge is -2.35. The van der Waals surface area contributed by atoms with Crippen LogP contribution in [0, 0.1) is 11.3 Å². The molecule has 3 unspecified atom stereocenters. The van der Waals surface area contributed by atoms with Gasteiger partial charge in [-0.25, -0.2) is 4.79 Å². The summed E-state index contributed by atoms with van der Waals surface area (Å²) >= 11 is 0. The number of carbonyl (C=O) groups excluding carboxylic acids is 1. The zero-order valence-corrected chi connectivity index (χ0v) is 15.5. The maximum absolute atomic E-state index is 11.9. The van der Waals surface area contributed by atoms with E-state index in [4.69, 9.17) is 4.43 Å². The van der Waals surface area contributed by atoms with Gasteiger partial charge in [0.2, 0.25) is 8.00 Å². The zero-order chi connectivity index (χ0) is 16.8. The molecule has 3 atom stereocenters. The van der Waals surface area contributed by atoms with E-state index in [1.807, 2.05) is 33.9 Å². The van der Waals surface area contributed by atoms with Crippen molar-refractivity contribution in [3.05, 3.63) is 0 Å². The van der Waals surface area contributed by atoms with E-state index in [1.165, 1.54) is 7.11 Å². The molecule has 0 amide bonds. The van der Waals surface area contributed by atoms with Crippen LogP contribution in [0.4, 0.5) is 0 Å². The average molecular weight is 336 g/mol. The minimum Gasteiger partial charge on any atom is -0.603 e. The van der Waals surface area contributed by atoms with Gasteiger partial charge in [-0.15, -0.1) is 0 Å². The number of aliphatic carboxylic acids is 1. The number of rotatable bonds is 8. The first-order valence-corrected chi connectivity index (χ1v) is 10.8. The Bertz CT molecular complexity index is 402. The lowest BCUT2D eigenvalue weighted by Crippen LogP contribution is -2.43. The van der Waals surface area contributed by atoms with Gasteiger partial charge in [0.05, 0.1) is 7.11 Å². The molecule has 6 nitrogen and oxygen atoms in total. The predicted octanol–water partition coefficient (Wildman–Crippen LogP) is 1.18. The molecule has 0 saturated heterocycles. The van der Waals surface area contributed by atoms with E-state index in [1.54, 1.807) is 0 Å². The van der Waals surface area contributed by atoms with Gasteiger partial charge in [0, 0.05) is 12.3 Å². The third-order valence-corrected chi connectivity index (χ3v) is 4.69. The summed E-state index contributed by atoms with van der Waals surface area (Å²) in [5.74, 6) is -0.966. The Balaban J connectivity index is 5.28. The monoisotopic (exact) mass is 336 g/mol. The van der Waals surface area contributed by atoms with Crippen LogP contribution in [0.1, 0.15) is 27.2 Å². The van der Waals surface area contributed by atoms with Crippen LogP contribution >= 0.6 is 8.00 Å². The first-order chi connectivity index (χ1) is 9.48. The Morgan fingerprint density at radius 3 is 2.24 bits per heavy atom. The van der Waals surface area contributed by atoms with Crippen molar-refractivity contribution in [1.82, 2.24) is 0 Å². The lowest BCUT2D eigenvalue weighted by molar-refractivity contribution is -0.170. The first-order valence-electron chi connectivity index (χ1n) is 6.75. The molecule has 21 heavy (non-hydrogen) atoms. The Morgan fingerprint density at radius 1 is 1.38 bits per heavy atom. The van der Waals surface area contributed by atoms with Gasteiger partial charge in [0.1, 0.15) is 6.10 Å². The summed E-state index contributed by atoms with van der Waals surface area (Å²) < 4.78 is 10.2. The second kappa shape index (κ2) is 8.75. The summed E-state index contributed by atoms with van der Waals surface area (Å²) in [6.07, 6.45) is -1.07. The van der Waals surface area contributed by atoms with E-state index in [0.717, 1.165) is 5.80 Å². The molecule has 0 rings (SSSR count). The third kappa shape index (κ3) is 7.83. The van der Waals surface area contributed by atoms with Crippen molar-refractivity contribution < 1.29 is 28.5 Å². The molecule has 0 aromatic rings. The maximum Gasteiger partial charge on any atom is 0.331 e. The van der Waals surface area contributed by atoms with Crippen molar-refractivity contribution in [3.63, 3.8) is 0 Å². The number of hydrogen-bond acceptors (Lipinski definition) is 5. The molecule has 0 aliphatic rings. The van der Waals surface area contributed by atoms with Gasteiger partial charge >= 0.3 is 5.97 Å². The quantitative estimate of drug-likeness (QED) is 0.528. The van der Waals surface area contributed by atoms with Gasteiger partial charge in [-0.1, -0.05) is 20.8 Å². The molecule has 0 aromatic carbocycles. The van der Waals surface area contributed by atoms with Crippen LogP contribution in [0.25, 0.3) is 0 Å². The van der Waals surface area contributed by atoms with Crippen LogP contribution in [0.15, 0.2) is 0 Å². The fourth-order valence-corrected chi connectivity index (χ4v) is 3.26. The van der Waals surface area contributed by atoms with Gasteiger partial charge in [-0.3, -0.25) is 4.79 Å². The van der Waals surface area contributed by atoms with Crippen LogP contribution in [0.2, 0.25) is 13.1 Å². The van der Waals surface area contributed by atoms with Crippen LogP contribution in [-0.2, 0) is 18.5 Å². The minimum absolute atomic E-state index is 0.0357. The number of ketones is 1. The molecule has 0 fully saturated rings. The molecule has 0 aliphatic heterocycles. The molecule has 0 heterocycles. The van der Waals surface area contributed by atoms with Gasteiger partial charge < -0.3 is 14.4 Å². The second-order valence-electron chi connectivity index (χ2n) is 6.18. The van der Waals surface area contributed by atoms with Crippen LogP contribution in [0.5, 0.6) is 0 Å². The minimum atomic E-state index is -2.14. The number of carbonyl (C=O) groups is 2. The van der Waals surface area contributed by atoms with E-state index >= 15 is 0 Å². The summed E-state index contributed by atoms with van der Waals surface area (Å²) in [7, 11) is -2.47. The number of carboxylic acids is 1. The molecule has 0 saturated carbocycles. The largest absolute Gasteiger partial charge is 0.603 e. The summed E-state index contributed by atoms with van der Waals surface area (Å²) in [5.41, 5.74) is -0.436. The highest BCUT2D eigenvalue weighted by molar-refractivity contribution is 7.47. The fraction of sp³-hybridized carbons (Fsp3) is 0.769. The molecule has 1 N–H and O–H groups in total. The van der Waals surface area contributed by atoms with Crippen molar-refractivity contribution in [2.24, 2.45) is 11.3 Å². The van der Waals surface area contributed by atoms with Gasteiger partial charge in [0.15, 0.2) is 20.6 Å². The molecular formula is C13H25O6PSi. The van der Waals surface area contributed by atoms with Crippen molar-refractivity contribution in [3.8, 4) is 0 Å². The molecule has 0 spiro atoms. The highest BCUT2D eigenvalue weighted by Gasteiger charge is 2.39. The van der Waals surface area contributed by atoms with Crippen LogP contribution in [-0.4, -0.2) is 44.9 Å². The van der Waals surface area contributed by atoms with Gasteiger partial charge in [0.25, 0.3) is 0 Å². The Kier molecular flexibility index (Phi) is 8.51. The summed E-state index contributed by atoms with van der Waals surface area (Å²) in [4.78, 5) is 34.6. The van der Waals surface area contributed by atoms with E-state index in [9.17, 15) is 19.6 Å². The highest BCUT2D eigenvalue weighted by atomic mass is 31.1. The topological polar surface area (TPSA) is 95.9 Å². The smallest absolute Gasteiger partial charge is 0.331 e. The number of Topliss-reactive ketones (excluding diaryl/α,β-unsaturated/α-hetero) is 1. The van der Waals surface area contributed by atoms with Crippen LogP contribution in [0.3, 0.4) is 0 Å². The zero-order valence-electron chi connectivity index (χ0n) is 13.5. The fourth-order valence-electron chi connectivity index (χ4n) is 1.93. The van der Waals surface area contributed by atoms with Crippen molar-refractivity contribution in [1.29, 1.82) is 0 Å². The summed E-state index contributed by atoms with van der Waals surface area (Å²) in [5, 5.41) is 9.39. The molecule has 0 radical (unpaired) electrons. The lowest BCUT2D eigenvalue weighted by atomic mass is 9.74. The molecule has 0 aromatic heterocycles. The Hall–Kier alpha value is -0.593. The molecular weight excluding hydrogens is 311 g/mol. The second-order valence-corrected chi connectivity index (χ2v) is 9.75. The van der Waals surface area contributed by atoms with Gasteiger partial charge in [-0.05, 0) is 18.5 Å². The molecule has 0 bridgehead atoms. The standard InChI is InChI=1S/C13H25O6PSi/c1-13(2,3)10(7-9(14)8-20(17)18-4)11(12(15)16)19-21(5)6/h8,10-11,21H,7H2,1-6H3,(H,15,16). The SMILES string of the molecule is CO/[P+]([O-])=C/C(=O)CC(C(O[SiH](C)C)C(=O)O)C(C)(C)C. The van der Waals surface area contributed by atoms with E-state index in [0.29, 0.717) is 0 Å². The number of carboxylic acid groups (broad SMARTS) is 1. The van der Waals surface area contributed by atoms with Crippen LogP contribution < -0.4 is 4.89 Å². The van der Waals surface area contributed by atoms with E-state index < -0.39 is 46.2 Å². The van der Waals surface area contributed by atoms with E-state index in [-0.39, 0.29) is 6.42 Å². The maximum atomic E-state index is 11.9.